The van der Waals surface area contributed by atoms with Gasteiger partial charge in [-0.3, -0.25) is 14.3 Å². The molecule has 0 aliphatic rings. The van der Waals surface area contributed by atoms with Crippen LogP contribution in [0.4, 0.5) is 5.95 Å². The summed E-state index contributed by atoms with van der Waals surface area (Å²) < 4.78 is 8.18. The van der Waals surface area contributed by atoms with Crippen LogP contribution >= 0.6 is 0 Å². The van der Waals surface area contributed by atoms with Gasteiger partial charge >= 0.3 is 11.7 Å². The first-order chi connectivity index (χ1) is 17.2. The number of ether oxygens (including phenoxy) is 1. The molecule has 4 aromatic rings. The van der Waals surface area contributed by atoms with Crippen LogP contribution in [-0.2, 0) is 24.8 Å². The first-order valence-corrected chi connectivity index (χ1v) is 11.3. The lowest BCUT2D eigenvalue weighted by molar-refractivity contribution is -0.137. The van der Waals surface area contributed by atoms with Crippen molar-refractivity contribution in [3.8, 4) is 5.75 Å². The van der Waals surface area contributed by atoms with Crippen molar-refractivity contribution < 1.29 is 19.7 Å². The predicted molar refractivity (Wildman–Crippen MR) is 133 cm³/mol. The van der Waals surface area contributed by atoms with E-state index in [2.05, 4.69) is 15.3 Å². The number of fused-ring (bicyclic) bond motifs is 1. The van der Waals surface area contributed by atoms with Gasteiger partial charge in [0.1, 0.15) is 24.5 Å². The molecule has 0 fully saturated rings. The van der Waals surface area contributed by atoms with E-state index in [1.165, 1.54) is 11.6 Å². The summed E-state index contributed by atoms with van der Waals surface area (Å²) in [5.41, 5.74) is 0.578. The standard InChI is InChI=1S/C25H27N5O6/c1-15-8-10-18(11-9-15)36-14-17(31)13-30-20-21(29(2)25(35)28-22(20)32)27-24(30)26-19(23(33)34)12-16-6-4-3-5-7-16/h3-11,17,19,31H,12-14H2,1-2H3,(H,26,27)(H,33,34)(H,28,32,35)/t17-,19-/m1/s1. The average Bonchev–Trinajstić information content (AvgIpc) is 3.20. The third kappa shape index (κ3) is 5.47. The summed E-state index contributed by atoms with van der Waals surface area (Å²) in [7, 11) is 1.44. The maximum atomic E-state index is 12.7. The van der Waals surface area contributed by atoms with Crippen LogP contribution in [0.1, 0.15) is 11.1 Å². The van der Waals surface area contributed by atoms with Gasteiger partial charge in [-0.2, -0.15) is 4.98 Å². The number of rotatable bonds is 10. The molecule has 0 spiro atoms. The van der Waals surface area contributed by atoms with Crippen molar-refractivity contribution in [1.29, 1.82) is 0 Å². The van der Waals surface area contributed by atoms with Crippen molar-refractivity contribution in [3.63, 3.8) is 0 Å². The zero-order valence-corrected chi connectivity index (χ0v) is 19.8. The molecule has 11 nitrogen and oxygen atoms in total. The van der Waals surface area contributed by atoms with E-state index in [0.717, 1.165) is 15.7 Å². The molecular formula is C25H27N5O6. The van der Waals surface area contributed by atoms with Crippen molar-refractivity contribution in [3.05, 3.63) is 86.6 Å². The molecule has 0 saturated heterocycles. The molecule has 4 rings (SSSR count). The summed E-state index contributed by atoms with van der Waals surface area (Å²) in [6.07, 6.45) is -0.924. The Balaban J connectivity index is 1.66. The molecule has 0 unspecified atom stereocenters. The number of hydrogen-bond acceptors (Lipinski definition) is 7. The fourth-order valence-electron chi connectivity index (χ4n) is 3.82. The third-order valence-electron chi connectivity index (χ3n) is 5.75. The highest BCUT2D eigenvalue weighted by Crippen LogP contribution is 2.19. The second-order valence-corrected chi connectivity index (χ2v) is 8.54. The largest absolute Gasteiger partial charge is 0.491 e. The van der Waals surface area contributed by atoms with Gasteiger partial charge < -0.3 is 24.8 Å². The number of nitrogens with one attached hydrogen (secondary N) is 2. The quantitative estimate of drug-likeness (QED) is 0.258. The van der Waals surface area contributed by atoms with Crippen molar-refractivity contribution >= 4 is 23.1 Å². The van der Waals surface area contributed by atoms with Crippen LogP contribution in [0.5, 0.6) is 5.75 Å². The number of benzene rings is 2. The number of carboxylic acid groups (broad SMARTS) is 1. The van der Waals surface area contributed by atoms with Crippen LogP contribution in [0.15, 0.2) is 64.2 Å². The van der Waals surface area contributed by atoms with Gasteiger partial charge in [-0.15, -0.1) is 0 Å². The number of nitrogens with zero attached hydrogens (tertiary/aromatic N) is 3. The van der Waals surface area contributed by atoms with Crippen LogP contribution in [-0.4, -0.2) is 54.0 Å². The highest BCUT2D eigenvalue weighted by Gasteiger charge is 2.25. The van der Waals surface area contributed by atoms with E-state index in [0.29, 0.717) is 5.75 Å². The number of aromatic nitrogens is 4. The lowest BCUT2D eigenvalue weighted by Gasteiger charge is -2.19. The number of aliphatic hydroxyl groups is 1. The van der Waals surface area contributed by atoms with Gasteiger partial charge in [0.15, 0.2) is 11.2 Å². The van der Waals surface area contributed by atoms with Crippen molar-refractivity contribution in [1.82, 2.24) is 19.1 Å². The molecule has 0 radical (unpaired) electrons. The number of anilines is 1. The summed E-state index contributed by atoms with van der Waals surface area (Å²) in [5, 5.41) is 23.4. The van der Waals surface area contributed by atoms with Crippen LogP contribution in [0.25, 0.3) is 11.2 Å². The molecule has 11 heteroatoms. The van der Waals surface area contributed by atoms with E-state index in [1.807, 2.05) is 37.3 Å². The Bertz CT molecular complexity index is 1470. The Morgan fingerprint density at radius 2 is 1.83 bits per heavy atom. The Labute approximate surface area is 205 Å². The summed E-state index contributed by atoms with van der Waals surface area (Å²) in [6, 6.07) is 15.3. The second kappa shape index (κ2) is 10.5. The Hall–Kier alpha value is -4.38. The number of imidazole rings is 1. The number of carbonyl (C=O) groups is 1. The highest BCUT2D eigenvalue weighted by molar-refractivity contribution is 5.79. The minimum Gasteiger partial charge on any atom is -0.491 e. The van der Waals surface area contributed by atoms with Crippen LogP contribution < -0.4 is 21.3 Å². The minimum atomic E-state index is -1.12. The van der Waals surface area contributed by atoms with Crippen molar-refractivity contribution in [2.24, 2.45) is 7.05 Å². The predicted octanol–water partition coefficient (Wildman–Crippen LogP) is 1.28. The zero-order chi connectivity index (χ0) is 25.8. The number of aromatic amines is 1. The molecule has 2 atom stereocenters. The molecule has 0 bridgehead atoms. The molecule has 36 heavy (non-hydrogen) atoms. The molecule has 2 aromatic heterocycles. The van der Waals surface area contributed by atoms with E-state index in [1.54, 1.807) is 24.3 Å². The number of carboxylic acids is 1. The fourth-order valence-corrected chi connectivity index (χ4v) is 3.82. The van der Waals surface area contributed by atoms with E-state index < -0.39 is 29.4 Å². The Kier molecular flexibility index (Phi) is 7.20. The van der Waals surface area contributed by atoms with E-state index in [9.17, 15) is 24.6 Å². The minimum absolute atomic E-state index is 0.0258. The third-order valence-corrected chi connectivity index (χ3v) is 5.75. The molecule has 0 aliphatic carbocycles. The van der Waals surface area contributed by atoms with E-state index in [-0.39, 0.29) is 36.7 Å². The van der Waals surface area contributed by atoms with Crippen LogP contribution in [0.3, 0.4) is 0 Å². The summed E-state index contributed by atoms with van der Waals surface area (Å²) >= 11 is 0. The Morgan fingerprint density at radius 3 is 2.50 bits per heavy atom. The molecule has 4 N–H and O–H groups in total. The van der Waals surface area contributed by atoms with Crippen LogP contribution in [0.2, 0.25) is 0 Å². The fraction of sp³-hybridized carbons (Fsp3) is 0.280. The molecule has 0 saturated carbocycles. The topological polar surface area (TPSA) is 151 Å². The zero-order valence-electron chi connectivity index (χ0n) is 19.8. The molecule has 0 amide bonds. The molecule has 0 aliphatic heterocycles. The van der Waals surface area contributed by atoms with Gasteiger partial charge in [0, 0.05) is 13.5 Å². The van der Waals surface area contributed by atoms with Gasteiger partial charge in [0.05, 0.1) is 6.54 Å². The van der Waals surface area contributed by atoms with E-state index in [4.69, 9.17) is 4.74 Å². The summed E-state index contributed by atoms with van der Waals surface area (Å²) in [4.78, 5) is 43.4. The highest BCUT2D eigenvalue weighted by atomic mass is 16.5. The first-order valence-electron chi connectivity index (χ1n) is 11.3. The molecule has 2 aromatic carbocycles. The SMILES string of the molecule is Cc1ccc(OC[C@H](O)Cn2c(N[C@H](Cc3ccccc3)C(=O)O)nc3c2c(=O)[nH]c(=O)n3C)cc1. The number of hydrogen-bond donors (Lipinski definition) is 4. The second-order valence-electron chi connectivity index (χ2n) is 8.54. The van der Waals surface area contributed by atoms with E-state index >= 15 is 0 Å². The summed E-state index contributed by atoms with van der Waals surface area (Å²) in [5.74, 6) is -0.513. The number of aliphatic carboxylic acids is 1. The lowest BCUT2D eigenvalue weighted by Crippen LogP contribution is -2.34. The van der Waals surface area contributed by atoms with Gasteiger partial charge in [-0.1, -0.05) is 48.0 Å². The van der Waals surface area contributed by atoms with Gasteiger partial charge in [0.2, 0.25) is 5.95 Å². The monoisotopic (exact) mass is 493 g/mol. The maximum absolute atomic E-state index is 12.7. The first kappa shape index (κ1) is 24.7. The Morgan fingerprint density at radius 1 is 1.14 bits per heavy atom. The lowest BCUT2D eigenvalue weighted by atomic mass is 10.1. The normalized spacial score (nSPS) is 12.9. The smallest absolute Gasteiger partial charge is 0.329 e. The number of aliphatic hydroxyl groups excluding tert-OH is 1. The van der Waals surface area contributed by atoms with Crippen molar-refractivity contribution in [2.75, 3.05) is 11.9 Å². The molecule has 2 heterocycles. The maximum Gasteiger partial charge on any atom is 0.329 e. The number of aryl methyl sites for hydroxylation is 2. The number of H-pyrrole nitrogens is 1. The summed E-state index contributed by atoms with van der Waals surface area (Å²) in [6.45, 7) is 1.73. The molecular weight excluding hydrogens is 466 g/mol. The molecule has 188 valence electrons. The van der Waals surface area contributed by atoms with Gasteiger partial charge in [-0.25, -0.2) is 9.59 Å². The van der Waals surface area contributed by atoms with Crippen LogP contribution in [0, 0.1) is 6.92 Å². The van der Waals surface area contributed by atoms with Gasteiger partial charge in [-0.05, 0) is 24.6 Å². The van der Waals surface area contributed by atoms with Gasteiger partial charge in [0.25, 0.3) is 5.56 Å². The van der Waals surface area contributed by atoms with Crippen molar-refractivity contribution in [2.45, 2.75) is 32.0 Å². The average molecular weight is 494 g/mol.